The summed E-state index contributed by atoms with van der Waals surface area (Å²) >= 11 is 0. The first-order chi connectivity index (χ1) is 14.2. The van der Waals surface area contributed by atoms with E-state index in [4.69, 9.17) is 0 Å². The molecule has 0 saturated heterocycles. The minimum atomic E-state index is -0.0297. The van der Waals surface area contributed by atoms with Gasteiger partial charge in [0.05, 0.1) is 18.3 Å². The number of nitrogens with one attached hydrogen (secondary N) is 2. The monoisotopic (exact) mass is 382 g/mol. The molecule has 0 spiro atoms. The number of H-pyrrole nitrogens is 1. The van der Waals surface area contributed by atoms with Crippen LogP contribution in [0.2, 0.25) is 0 Å². The van der Waals surface area contributed by atoms with Crippen molar-refractivity contribution in [3.63, 3.8) is 0 Å². The van der Waals surface area contributed by atoms with Gasteiger partial charge in [-0.3, -0.25) is 9.36 Å². The van der Waals surface area contributed by atoms with E-state index < -0.39 is 0 Å². The lowest BCUT2D eigenvalue weighted by atomic mass is 10.1. The molecule has 7 nitrogen and oxygen atoms in total. The molecular formula is C22H18N6O. The number of nitrogens with zero attached hydrogens (tertiary/aromatic N) is 4. The maximum Gasteiger partial charge on any atom is 0.263 e. The van der Waals surface area contributed by atoms with E-state index in [1.54, 1.807) is 10.9 Å². The fraction of sp³-hybridized carbons (Fsp3) is 0.0909. The minimum Gasteiger partial charge on any atom is -0.363 e. The van der Waals surface area contributed by atoms with Crippen LogP contribution in [0.25, 0.3) is 27.6 Å². The Balaban J connectivity index is 1.66. The van der Waals surface area contributed by atoms with Crippen molar-refractivity contribution in [2.24, 2.45) is 0 Å². The van der Waals surface area contributed by atoms with Gasteiger partial charge in [-0.25, -0.2) is 15.0 Å². The highest BCUT2D eigenvalue weighted by atomic mass is 16.1. The largest absolute Gasteiger partial charge is 0.363 e. The van der Waals surface area contributed by atoms with Crippen LogP contribution in [0.3, 0.4) is 0 Å². The number of benzene rings is 2. The predicted molar refractivity (Wildman–Crippen MR) is 113 cm³/mol. The number of aryl methyl sites for hydroxylation is 1. The number of pyridine rings is 1. The smallest absolute Gasteiger partial charge is 0.263 e. The van der Waals surface area contributed by atoms with E-state index in [9.17, 15) is 4.79 Å². The molecule has 0 radical (unpaired) electrons. The fourth-order valence-electron chi connectivity index (χ4n) is 3.65. The number of aromatic amines is 1. The van der Waals surface area contributed by atoms with Gasteiger partial charge in [0.2, 0.25) is 0 Å². The lowest BCUT2D eigenvalue weighted by molar-refractivity contribution is 0.890. The van der Waals surface area contributed by atoms with Crippen molar-refractivity contribution in [1.29, 1.82) is 0 Å². The summed E-state index contributed by atoms with van der Waals surface area (Å²) in [5, 5.41) is 4.98. The third kappa shape index (κ3) is 2.93. The molecule has 2 aromatic carbocycles. The standard InChI is InChI=1S/C22H18N6O/c1-14-6-5-7-15-10-17(11-23-20-19-21(25-12-24-19)27-13-26-20)28(22(29)18(14)15)16-8-3-2-4-9-16/h2-10,12-13H,11H2,1H3,(H2,23,24,25,26,27). The molecule has 0 aliphatic carbocycles. The number of imidazole rings is 1. The zero-order valence-electron chi connectivity index (χ0n) is 15.8. The molecule has 29 heavy (non-hydrogen) atoms. The Bertz CT molecular complexity index is 1390. The highest BCUT2D eigenvalue weighted by molar-refractivity contribution is 5.86. The SMILES string of the molecule is Cc1cccc2cc(CNc3ncnc4nc[nH]c34)n(-c3ccccc3)c(=O)c12. The van der Waals surface area contributed by atoms with Gasteiger partial charge < -0.3 is 10.3 Å². The van der Waals surface area contributed by atoms with Crippen molar-refractivity contribution < 1.29 is 0 Å². The number of anilines is 1. The molecule has 5 aromatic rings. The molecule has 0 aliphatic rings. The third-order valence-corrected chi connectivity index (χ3v) is 5.01. The van der Waals surface area contributed by atoms with E-state index in [1.807, 2.05) is 55.5 Å². The van der Waals surface area contributed by atoms with E-state index in [-0.39, 0.29) is 5.56 Å². The number of fused-ring (bicyclic) bond motifs is 2. The zero-order valence-corrected chi connectivity index (χ0v) is 15.8. The van der Waals surface area contributed by atoms with Gasteiger partial charge in [0, 0.05) is 11.4 Å². The van der Waals surface area contributed by atoms with Gasteiger partial charge in [-0.1, -0.05) is 36.4 Å². The van der Waals surface area contributed by atoms with Gasteiger partial charge in [0.1, 0.15) is 11.8 Å². The molecule has 5 rings (SSSR count). The summed E-state index contributed by atoms with van der Waals surface area (Å²) in [5.74, 6) is 0.642. The Hall–Kier alpha value is -4.00. The molecule has 142 valence electrons. The third-order valence-electron chi connectivity index (χ3n) is 5.01. The number of aromatic nitrogens is 5. The van der Waals surface area contributed by atoms with Crippen LogP contribution in [-0.4, -0.2) is 24.5 Å². The number of rotatable bonds is 4. The van der Waals surface area contributed by atoms with Gasteiger partial charge in [0.15, 0.2) is 11.5 Å². The minimum absolute atomic E-state index is 0.0297. The van der Waals surface area contributed by atoms with Crippen LogP contribution in [-0.2, 0) is 6.54 Å². The van der Waals surface area contributed by atoms with Crippen LogP contribution in [0.1, 0.15) is 11.3 Å². The van der Waals surface area contributed by atoms with Crippen LogP contribution in [0.15, 0.2) is 72.0 Å². The van der Waals surface area contributed by atoms with E-state index >= 15 is 0 Å². The summed E-state index contributed by atoms with van der Waals surface area (Å²) in [6, 6.07) is 17.6. The summed E-state index contributed by atoms with van der Waals surface area (Å²) in [5.41, 5.74) is 3.93. The van der Waals surface area contributed by atoms with Crippen molar-refractivity contribution in [2.45, 2.75) is 13.5 Å². The quantitative estimate of drug-likeness (QED) is 0.496. The Morgan fingerprint density at radius 3 is 2.76 bits per heavy atom. The van der Waals surface area contributed by atoms with Crippen molar-refractivity contribution in [1.82, 2.24) is 24.5 Å². The maximum absolute atomic E-state index is 13.4. The van der Waals surface area contributed by atoms with Crippen molar-refractivity contribution in [3.8, 4) is 5.69 Å². The molecule has 0 atom stereocenters. The number of hydrogen-bond donors (Lipinski definition) is 2. The van der Waals surface area contributed by atoms with Crippen LogP contribution >= 0.6 is 0 Å². The first-order valence-electron chi connectivity index (χ1n) is 9.30. The van der Waals surface area contributed by atoms with Crippen LogP contribution in [0.4, 0.5) is 5.82 Å². The van der Waals surface area contributed by atoms with Gasteiger partial charge in [0.25, 0.3) is 5.56 Å². The number of para-hydroxylation sites is 1. The summed E-state index contributed by atoms with van der Waals surface area (Å²) in [6.07, 6.45) is 3.06. The second kappa shape index (κ2) is 6.87. The molecule has 0 unspecified atom stereocenters. The zero-order chi connectivity index (χ0) is 19.8. The lowest BCUT2D eigenvalue weighted by Crippen LogP contribution is -2.24. The molecule has 0 saturated carbocycles. The summed E-state index contributed by atoms with van der Waals surface area (Å²) < 4.78 is 1.76. The second-order valence-corrected chi connectivity index (χ2v) is 6.83. The Labute approximate surface area is 166 Å². The average Bonchev–Trinajstić information content (AvgIpc) is 3.22. The van der Waals surface area contributed by atoms with Gasteiger partial charge >= 0.3 is 0 Å². The highest BCUT2D eigenvalue weighted by Gasteiger charge is 2.13. The topological polar surface area (TPSA) is 88.5 Å². The molecular weight excluding hydrogens is 364 g/mol. The van der Waals surface area contributed by atoms with E-state index in [0.717, 1.165) is 33.2 Å². The van der Waals surface area contributed by atoms with Crippen LogP contribution in [0, 0.1) is 6.92 Å². The molecule has 0 amide bonds. The average molecular weight is 382 g/mol. The molecule has 3 aromatic heterocycles. The van der Waals surface area contributed by atoms with E-state index in [1.165, 1.54) is 6.33 Å². The molecule has 0 fully saturated rings. The Kier molecular flexibility index (Phi) is 4.05. The van der Waals surface area contributed by atoms with Gasteiger partial charge in [-0.15, -0.1) is 0 Å². The first kappa shape index (κ1) is 17.1. The predicted octanol–water partition coefficient (Wildman–Crippen LogP) is 3.58. The fourth-order valence-corrected chi connectivity index (χ4v) is 3.65. The molecule has 2 N–H and O–H groups in total. The maximum atomic E-state index is 13.4. The highest BCUT2D eigenvalue weighted by Crippen LogP contribution is 2.21. The van der Waals surface area contributed by atoms with Crippen LogP contribution in [0.5, 0.6) is 0 Å². The van der Waals surface area contributed by atoms with E-state index in [2.05, 4.69) is 31.3 Å². The molecule has 3 heterocycles. The van der Waals surface area contributed by atoms with Crippen molar-refractivity contribution in [3.05, 3.63) is 88.9 Å². The van der Waals surface area contributed by atoms with Crippen molar-refractivity contribution in [2.75, 3.05) is 5.32 Å². The van der Waals surface area contributed by atoms with Gasteiger partial charge in [-0.05, 0) is 36.1 Å². The second-order valence-electron chi connectivity index (χ2n) is 6.83. The molecule has 0 aliphatic heterocycles. The first-order valence-corrected chi connectivity index (χ1v) is 9.30. The Morgan fingerprint density at radius 2 is 1.90 bits per heavy atom. The van der Waals surface area contributed by atoms with Crippen LogP contribution < -0.4 is 10.9 Å². The van der Waals surface area contributed by atoms with E-state index in [0.29, 0.717) is 18.0 Å². The summed E-state index contributed by atoms with van der Waals surface area (Å²) in [7, 11) is 0. The summed E-state index contributed by atoms with van der Waals surface area (Å²) in [6.45, 7) is 2.38. The molecule has 0 bridgehead atoms. The normalized spacial score (nSPS) is 11.2. The Morgan fingerprint density at radius 1 is 1.03 bits per heavy atom. The summed E-state index contributed by atoms with van der Waals surface area (Å²) in [4.78, 5) is 29.1. The number of hydrogen-bond acceptors (Lipinski definition) is 5. The lowest BCUT2D eigenvalue weighted by Gasteiger charge is -2.16. The molecule has 7 heteroatoms. The van der Waals surface area contributed by atoms with Gasteiger partial charge in [-0.2, -0.15) is 0 Å². The van der Waals surface area contributed by atoms with Crippen molar-refractivity contribution >= 4 is 27.8 Å².